The van der Waals surface area contributed by atoms with Crippen molar-refractivity contribution >= 4 is 16.5 Å². The van der Waals surface area contributed by atoms with Crippen molar-refractivity contribution in [2.45, 2.75) is 19.4 Å². The fourth-order valence-corrected chi connectivity index (χ4v) is 3.02. The van der Waals surface area contributed by atoms with E-state index in [1.807, 2.05) is 31.4 Å². The molecule has 2 aromatic rings. The number of methoxy groups -OCH3 is 1. The standard InChI is InChI=1S/C20H21N3O/c1-14-7-8-15(6-4-5-11-22-14)20-18(13-21)17-10-9-16(24-3)12-19(17)23(20)2/h5-12,14,22H,4H2,1-3H3/b8-7-,11-5-,15-6+. The average molecular weight is 319 g/mol. The van der Waals surface area contributed by atoms with Gasteiger partial charge in [-0.1, -0.05) is 24.3 Å². The van der Waals surface area contributed by atoms with Crippen LogP contribution in [0.5, 0.6) is 5.75 Å². The SMILES string of the molecule is COc1ccc2c(C#N)c(C3=C/C/C=C\NC(C)/C=C\3)n(C)c2c1. The van der Waals surface area contributed by atoms with Gasteiger partial charge in [-0.3, -0.25) is 0 Å². The Morgan fingerprint density at radius 1 is 1.38 bits per heavy atom. The summed E-state index contributed by atoms with van der Waals surface area (Å²) in [4.78, 5) is 0. The highest BCUT2D eigenvalue weighted by molar-refractivity contribution is 5.95. The van der Waals surface area contributed by atoms with Crippen molar-refractivity contribution in [1.82, 2.24) is 9.88 Å². The molecule has 122 valence electrons. The Bertz CT molecular complexity index is 894. The van der Waals surface area contributed by atoms with Crippen LogP contribution in [0.1, 0.15) is 24.6 Å². The smallest absolute Gasteiger partial charge is 0.120 e. The van der Waals surface area contributed by atoms with Crippen LogP contribution in [-0.2, 0) is 7.05 Å². The fraction of sp³-hybridized carbons (Fsp3) is 0.250. The van der Waals surface area contributed by atoms with E-state index in [-0.39, 0.29) is 6.04 Å². The number of fused-ring (bicyclic) bond motifs is 1. The van der Waals surface area contributed by atoms with E-state index in [4.69, 9.17) is 4.74 Å². The summed E-state index contributed by atoms with van der Waals surface area (Å²) in [5, 5.41) is 14.0. The first-order chi connectivity index (χ1) is 11.7. The molecule has 1 aliphatic rings. The number of benzene rings is 1. The zero-order chi connectivity index (χ0) is 17.1. The first-order valence-electron chi connectivity index (χ1n) is 8.02. The third-order valence-corrected chi connectivity index (χ3v) is 4.31. The molecule has 1 aliphatic heterocycles. The van der Waals surface area contributed by atoms with Gasteiger partial charge in [0.1, 0.15) is 11.8 Å². The number of nitrogens with one attached hydrogen (secondary N) is 1. The lowest BCUT2D eigenvalue weighted by Crippen LogP contribution is -2.16. The Labute approximate surface area is 142 Å². The minimum atomic E-state index is 0.239. The number of aryl methyl sites for hydroxylation is 1. The highest BCUT2D eigenvalue weighted by Gasteiger charge is 2.17. The van der Waals surface area contributed by atoms with Crippen LogP contribution in [0.25, 0.3) is 16.5 Å². The molecule has 1 N–H and O–H groups in total. The molecule has 4 heteroatoms. The Kier molecular flexibility index (Phi) is 4.43. The van der Waals surface area contributed by atoms with Gasteiger partial charge in [0.25, 0.3) is 0 Å². The predicted molar refractivity (Wildman–Crippen MR) is 97.7 cm³/mol. The summed E-state index contributed by atoms with van der Waals surface area (Å²) >= 11 is 0. The molecule has 1 aromatic heterocycles. The molecule has 3 rings (SSSR count). The molecule has 1 atom stereocenters. The highest BCUT2D eigenvalue weighted by atomic mass is 16.5. The van der Waals surface area contributed by atoms with Crippen molar-refractivity contribution in [1.29, 1.82) is 5.26 Å². The zero-order valence-electron chi connectivity index (χ0n) is 14.2. The first kappa shape index (κ1) is 15.9. The van der Waals surface area contributed by atoms with Gasteiger partial charge in [-0.15, -0.1) is 0 Å². The van der Waals surface area contributed by atoms with Gasteiger partial charge in [0.15, 0.2) is 0 Å². The molecule has 24 heavy (non-hydrogen) atoms. The largest absolute Gasteiger partial charge is 0.497 e. The van der Waals surface area contributed by atoms with Crippen LogP contribution in [0, 0.1) is 11.3 Å². The summed E-state index contributed by atoms with van der Waals surface area (Å²) < 4.78 is 7.41. The van der Waals surface area contributed by atoms with Gasteiger partial charge in [0, 0.05) is 24.5 Å². The number of hydrogen-bond acceptors (Lipinski definition) is 3. The van der Waals surface area contributed by atoms with Crippen LogP contribution in [-0.4, -0.2) is 17.7 Å². The predicted octanol–water partition coefficient (Wildman–Crippen LogP) is 3.89. The van der Waals surface area contributed by atoms with E-state index in [9.17, 15) is 5.26 Å². The minimum Gasteiger partial charge on any atom is -0.497 e. The topological polar surface area (TPSA) is 50.0 Å². The summed E-state index contributed by atoms with van der Waals surface area (Å²) in [5.74, 6) is 0.791. The first-order valence-corrected chi connectivity index (χ1v) is 8.02. The maximum Gasteiger partial charge on any atom is 0.120 e. The van der Waals surface area contributed by atoms with Crippen molar-refractivity contribution in [2.75, 3.05) is 7.11 Å². The number of rotatable bonds is 2. The van der Waals surface area contributed by atoms with Crippen molar-refractivity contribution in [2.24, 2.45) is 7.05 Å². The normalized spacial score (nSPS) is 22.2. The molecule has 0 saturated heterocycles. The highest BCUT2D eigenvalue weighted by Crippen LogP contribution is 2.33. The van der Waals surface area contributed by atoms with Gasteiger partial charge < -0.3 is 14.6 Å². The van der Waals surface area contributed by atoms with Crippen molar-refractivity contribution in [3.63, 3.8) is 0 Å². The summed E-state index contributed by atoms with van der Waals surface area (Å²) in [6, 6.07) is 8.46. The number of nitriles is 1. The summed E-state index contributed by atoms with van der Waals surface area (Å²) in [6.45, 7) is 2.10. The number of hydrogen-bond donors (Lipinski definition) is 1. The van der Waals surface area contributed by atoms with E-state index < -0.39 is 0 Å². The van der Waals surface area contributed by atoms with Gasteiger partial charge in [-0.05, 0) is 37.3 Å². The summed E-state index contributed by atoms with van der Waals surface area (Å²) in [5.41, 5.74) is 3.70. The van der Waals surface area contributed by atoms with E-state index in [0.29, 0.717) is 5.56 Å². The van der Waals surface area contributed by atoms with Crippen molar-refractivity contribution < 1.29 is 4.74 Å². The molecule has 4 nitrogen and oxygen atoms in total. The zero-order valence-corrected chi connectivity index (χ0v) is 14.2. The Balaban J connectivity index is 2.23. The molecule has 0 radical (unpaired) electrons. The van der Waals surface area contributed by atoms with Crippen molar-refractivity contribution in [3.8, 4) is 11.8 Å². The van der Waals surface area contributed by atoms with E-state index in [1.54, 1.807) is 7.11 Å². The lowest BCUT2D eigenvalue weighted by atomic mass is 10.0. The lowest BCUT2D eigenvalue weighted by Gasteiger charge is -2.08. The molecule has 2 heterocycles. The van der Waals surface area contributed by atoms with Gasteiger partial charge in [-0.2, -0.15) is 5.26 Å². The number of nitrogens with zero attached hydrogens (tertiary/aromatic N) is 2. The van der Waals surface area contributed by atoms with Gasteiger partial charge in [-0.25, -0.2) is 0 Å². The molecule has 0 saturated carbocycles. The maximum atomic E-state index is 9.75. The number of allylic oxidation sites excluding steroid dienone is 4. The summed E-state index contributed by atoms with van der Waals surface area (Å²) in [7, 11) is 3.65. The second-order valence-corrected chi connectivity index (χ2v) is 5.89. The second-order valence-electron chi connectivity index (χ2n) is 5.89. The number of ether oxygens (including phenoxy) is 1. The minimum absolute atomic E-state index is 0.239. The molecule has 0 amide bonds. The molecule has 0 aliphatic carbocycles. The Hall–Kier alpha value is -2.93. The average Bonchev–Trinajstić information content (AvgIpc) is 2.93. The third kappa shape index (κ3) is 2.81. The third-order valence-electron chi connectivity index (χ3n) is 4.31. The Morgan fingerprint density at radius 3 is 2.96 bits per heavy atom. The van der Waals surface area contributed by atoms with Crippen LogP contribution in [0.4, 0.5) is 0 Å². The van der Waals surface area contributed by atoms with E-state index >= 15 is 0 Å². The van der Waals surface area contributed by atoms with Crippen molar-refractivity contribution in [3.05, 3.63) is 60.0 Å². The molecule has 0 bridgehead atoms. The van der Waals surface area contributed by atoms with E-state index in [2.05, 4.69) is 47.2 Å². The second kappa shape index (κ2) is 6.67. The maximum absolute atomic E-state index is 9.75. The van der Waals surface area contributed by atoms with Gasteiger partial charge in [0.2, 0.25) is 0 Å². The van der Waals surface area contributed by atoms with E-state index in [1.165, 1.54) is 0 Å². The quantitative estimate of drug-likeness (QED) is 0.913. The van der Waals surface area contributed by atoms with E-state index in [0.717, 1.165) is 34.3 Å². The Morgan fingerprint density at radius 2 is 2.21 bits per heavy atom. The molecule has 0 fully saturated rings. The van der Waals surface area contributed by atoms with Crippen LogP contribution in [0.2, 0.25) is 0 Å². The fourth-order valence-electron chi connectivity index (χ4n) is 3.02. The van der Waals surface area contributed by atoms with Crippen LogP contribution in [0.3, 0.4) is 0 Å². The molecular weight excluding hydrogens is 298 g/mol. The van der Waals surface area contributed by atoms with Gasteiger partial charge >= 0.3 is 0 Å². The lowest BCUT2D eigenvalue weighted by molar-refractivity contribution is 0.415. The molecule has 1 aromatic carbocycles. The monoisotopic (exact) mass is 319 g/mol. The van der Waals surface area contributed by atoms with Crippen LogP contribution in [0.15, 0.2) is 48.7 Å². The van der Waals surface area contributed by atoms with Gasteiger partial charge in [0.05, 0.1) is 23.9 Å². The number of aromatic nitrogens is 1. The molecule has 0 spiro atoms. The summed E-state index contributed by atoms with van der Waals surface area (Å²) in [6.07, 6.45) is 11.2. The van der Waals surface area contributed by atoms with Crippen LogP contribution < -0.4 is 10.1 Å². The van der Waals surface area contributed by atoms with Crippen LogP contribution >= 0.6 is 0 Å². The molecular formula is C20H21N3O. The molecule has 1 unspecified atom stereocenters.